The van der Waals surface area contributed by atoms with Crippen LogP contribution >= 0.6 is 0 Å². The van der Waals surface area contributed by atoms with Crippen LogP contribution in [0.15, 0.2) is 0 Å². The number of aliphatic hydroxyl groups is 1. The van der Waals surface area contributed by atoms with E-state index in [2.05, 4.69) is 27.7 Å². The van der Waals surface area contributed by atoms with Gasteiger partial charge in [0.15, 0.2) is 0 Å². The first-order chi connectivity index (χ1) is 6.85. The molecule has 1 nitrogen and oxygen atoms in total. The van der Waals surface area contributed by atoms with E-state index in [1.54, 1.807) is 0 Å². The van der Waals surface area contributed by atoms with Gasteiger partial charge in [-0.1, -0.05) is 27.7 Å². The van der Waals surface area contributed by atoms with Crippen LogP contribution in [-0.4, -0.2) is 11.7 Å². The SMILES string of the molecule is CC1(CO)CC1[C@H]1C[C@@H]2C[C@]2(C)C1(C)C. The second kappa shape index (κ2) is 2.45. The Bertz CT molecular complexity index is 308. The van der Waals surface area contributed by atoms with Crippen molar-refractivity contribution in [3.63, 3.8) is 0 Å². The number of hydrogen-bond donors (Lipinski definition) is 1. The third-order valence-corrected chi connectivity index (χ3v) is 6.62. The molecule has 0 aromatic rings. The van der Waals surface area contributed by atoms with Gasteiger partial charge < -0.3 is 5.11 Å². The monoisotopic (exact) mass is 208 g/mol. The van der Waals surface area contributed by atoms with Crippen molar-refractivity contribution in [2.24, 2.45) is 34.0 Å². The van der Waals surface area contributed by atoms with E-state index in [0.29, 0.717) is 17.4 Å². The highest BCUT2D eigenvalue weighted by molar-refractivity contribution is 5.20. The van der Waals surface area contributed by atoms with E-state index in [1.165, 1.54) is 19.3 Å². The molecule has 86 valence electrons. The molecule has 3 fully saturated rings. The molecule has 5 atom stereocenters. The lowest BCUT2D eigenvalue weighted by Crippen LogP contribution is -2.30. The molecule has 1 heteroatoms. The van der Waals surface area contributed by atoms with Crippen LogP contribution in [0.1, 0.15) is 47.0 Å². The van der Waals surface area contributed by atoms with Crippen molar-refractivity contribution >= 4 is 0 Å². The Morgan fingerprint density at radius 1 is 1.07 bits per heavy atom. The Hall–Kier alpha value is -0.0400. The van der Waals surface area contributed by atoms with Crippen molar-refractivity contribution in [3.05, 3.63) is 0 Å². The molecule has 3 aliphatic carbocycles. The molecule has 0 heterocycles. The van der Waals surface area contributed by atoms with E-state index in [0.717, 1.165) is 17.8 Å². The Labute approximate surface area is 93.3 Å². The summed E-state index contributed by atoms with van der Waals surface area (Å²) in [6.07, 6.45) is 4.16. The average Bonchev–Trinajstić information content (AvgIpc) is 2.99. The molecule has 0 radical (unpaired) electrons. The predicted octanol–water partition coefficient (Wildman–Crippen LogP) is 3.08. The van der Waals surface area contributed by atoms with Crippen LogP contribution in [0.5, 0.6) is 0 Å². The fourth-order valence-corrected chi connectivity index (χ4v) is 4.53. The largest absolute Gasteiger partial charge is 0.396 e. The summed E-state index contributed by atoms with van der Waals surface area (Å²) in [4.78, 5) is 0. The van der Waals surface area contributed by atoms with Gasteiger partial charge in [-0.2, -0.15) is 0 Å². The smallest absolute Gasteiger partial charge is 0.0487 e. The third kappa shape index (κ3) is 1.03. The molecular weight excluding hydrogens is 184 g/mol. The minimum Gasteiger partial charge on any atom is -0.396 e. The Kier molecular flexibility index (Phi) is 1.65. The van der Waals surface area contributed by atoms with Crippen LogP contribution in [0.4, 0.5) is 0 Å². The zero-order valence-electron chi connectivity index (χ0n) is 10.5. The quantitative estimate of drug-likeness (QED) is 0.739. The molecule has 1 N–H and O–H groups in total. The van der Waals surface area contributed by atoms with Crippen molar-refractivity contribution in [2.75, 3.05) is 6.61 Å². The molecule has 0 aromatic heterocycles. The van der Waals surface area contributed by atoms with Crippen molar-refractivity contribution < 1.29 is 5.11 Å². The summed E-state index contributed by atoms with van der Waals surface area (Å²) in [5.41, 5.74) is 1.42. The topological polar surface area (TPSA) is 20.2 Å². The van der Waals surface area contributed by atoms with E-state index in [-0.39, 0.29) is 5.41 Å². The molecule has 3 rings (SSSR count). The van der Waals surface area contributed by atoms with Gasteiger partial charge in [0.05, 0.1) is 0 Å². The number of aliphatic hydroxyl groups excluding tert-OH is 1. The summed E-state index contributed by atoms with van der Waals surface area (Å²) < 4.78 is 0. The van der Waals surface area contributed by atoms with Crippen LogP contribution in [0.25, 0.3) is 0 Å². The predicted molar refractivity (Wildman–Crippen MR) is 61.4 cm³/mol. The maximum Gasteiger partial charge on any atom is 0.0487 e. The first-order valence-corrected chi connectivity index (χ1v) is 6.46. The summed E-state index contributed by atoms with van der Waals surface area (Å²) in [6.45, 7) is 10.1. The highest BCUT2D eigenvalue weighted by Crippen LogP contribution is 2.78. The summed E-state index contributed by atoms with van der Waals surface area (Å²) in [7, 11) is 0. The van der Waals surface area contributed by atoms with Gasteiger partial charge >= 0.3 is 0 Å². The summed E-state index contributed by atoms with van der Waals surface area (Å²) in [5.74, 6) is 2.68. The Morgan fingerprint density at radius 2 is 1.73 bits per heavy atom. The first kappa shape index (κ1) is 10.1. The normalized spacial score (nSPS) is 60.2. The third-order valence-electron chi connectivity index (χ3n) is 6.62. The fraction of sp³-hybridized carbons (Fsp3) is 1.00. The molecule has 0 amide bonds. The van der Waals surface area contributed by atoms with Crippen LogP contribution in [0.2, 0.25) is 0 Å². The van der Waals surface area contributed by atoms with E-state index < -0.39 is 0 Å². The number of rotatable bonds is 2. The minimum absolute atomic E-state index is 0.273. The molecule has 0 spiro atoms. The molecule has 0 aliphatic heterocycles. The Balaban J connectivity index is 1.81. The van der Waals surface area contributed by atoms with E-state index in [9.17, 15) is 5.11 Å². The lowest BCUT2D eigenvalue weighted by Gasteiger charge is -2.36. The van der Waals surface area contributed by atoms with Crippen molar-refractivity contribution in [3.8, 4) is 0 Å². The van der Waals surface area contributed by atoms with Crippen LogP contribution < -0.4 is 0 Å². The van der Waals surface area contributed by atoms with Gasteiger partial charge in [-0.05, 0) is 53.3 Å². The summed E-state index contributed by atoms with van der Waals surface area (Å²) in [6, 6.07) is 0. The average molecular weight is 208 g/mol. The van der Waals surface area contributed by atoms with Crippen molar-refractivity contribution in [1.82, 2.24) is 0 Å². The Morgan fingerprint density at radius 3 is 2.13 bits per heavy atom. The fourth-order valence-electron chi connectivity index (χ4n) is 4.53. The summed E-state index contributed by atoms with van der Waals surface area (Å²) >= 11 is 0. The molecule has 3 aliphatic rings. The van der Waals surface area contributed by atoms with Crippen molar-refractivity contribution in [2.45, 2.75) is 47.0 Å². The standard InChI is InChI=1S/C14H24O/c1-12(2)10(5-9-6-14(9,12)4)11-7-13(11,3)8-15/h9-11,15H,5-8H2,1-4H3/t9-,10-,11?,13?,14+/m1/s1. The highest BCUT2D eigenvalue weighted by Gasteiger charge is 2.71. The van der Waals surface area contributed by atoms with Gasteiger partial charge in [0.1, 0.15) is 0 Å². The maximum absolute atomic E-state index is 9.41. The van der Waals surface area contributed by atoms with E-state index in [4.69, 9.17) is 0 Å². The molecule has 0 aromatic carbocycles. The van der Waals surface area contributed by atoms with Crippen molar-refractivity contribution in [1.29, 1.82) is 0 Å². The van der Waals surface area contributed by atoms with Gasteiger partial charge in [-0.3, -0.25) is 0 Å². The molecule has 15 heavy (non-hydrogen) atoms. The minimum atomic E-state index is 0.273. The van der Waals surface area contributed by atoms with E-state index >= 15 is 0 Å². The van der Waals surface area contributed by atoms with Gasteiger partial charge in [0, 0.05) is 6.61 Å². The van der Waals surface area contributed by atoms with Gasteiger partial charge in [-0.15, -0.1) is 0 Å². The molecule has 2 unspecified atom stereocenters. The zero-order chi connectivity index (χ0) is 11.1. The second-order valence-corrected chi connectivity index (χ2v) is 7.51. The highest BCUT2D eigenvalue weighted by atomic mass is 16.3. The number of hydrogen-bond acceptors (Lipinski definition) is 1. The molecule has 0 saturated heterocycles. The van der Waals surface area contributed by atoms with Crippen LogP contribution in [0.3, 0.4) is 0 Å². The van der Waals surface area contributed by atoms with E-state index in [1.807, 2.05) is 0 Å². The second-order valence-electron chi connectivity index (χ2n) is 7.51. The molecular formula is C14H24O. The lowest BCUT2D eigenvalue weighted by atomic mass is 9.68. The summed E-state index contributed by atoms with van der Waals surface area (Å²) in [5, 5.41) is 9.41. The molecule has 0 bridgehead atoms. The zero-order valence-corrected chi connectivity index (χ0v) is 10.5. The first-order valence-electron chi connectivity index (χ1n) is 6.46. The lowest BCUT2D eigenvalue weighted by molar-refractivity contribution is 0.105. The van der Waals surface area contributed by atoms with Gasteiger partial charge in [0.25, 0.3) is 0 Å². The van der Waals surface area contributed by atoms with Crippen LogP contribution in [0, 0.1) is 34.0 Å². The maximum atomic E-state index is 9.41. The molecule has 3 saturated carbocycles. The van der Waals surface area contributed by atoms with Gasteiger partial charge in [0.2, 0.25) is 0 Å². The number of fused-ring (bicyclic) bond motifs is 1. The van der Waals surface area contributed by atoms with Gasteiger partial charge in [-0.25, -0.2) is 0 Å². The van der Waals surface area contributed by atoms with Crippen LogP contribution in [-0.2, 0) is 0 Å².